The Kier molecular flexibility index (Phi) is 4.55. The van der Waals surface area contributed by atoms with Gasteiger partial charge in [0.2, 0.25) is 0 Å². The summed E-state index contributed by atoms with van der Waals surface area (Å²) in [7, 11) is 0. The highest BCUT2D eigenvalue weighted by atomic mass is 16.6. The molecule has 0 aliphatic carbocycles. The van der Waals surface area contributed by atoms with Crippen LogP contribution < -0.4 is 9.47 Å². The third-order valence-corrected chi connectivity index (χ3v) is 4.75. The maximum absolute atomic E-state index is 12.3. The van der Waals surface area contributed by atoms with Crippen LogP contribution in [0.5, 0.6) is 11.5 Å². The molecule has 4 rings (SSSR count). The van der Waals surface area contributed by atoms with Crippen molar-refractivity contribution in [2.75, 3.05) is 19.7 Å². The van der Waals surface area contributed by atoms with Gasteiger partial charge in [0, 0.05) is 25.0 Å². The van der Waals surface area contributed by atoms with Gasteiger partial charge >= 0.3 is 0 Å². The highest BCUT2D eigenvalue weighted by molar-refractivity contribution is 5.94. The van der Waals surface area contributed by atoms with Crippen molar-refractivity contribution in [1.82, 2.24) is 9.88 Å². The van der Waals surface area contributed by atoms with E-state index in [9.17, 15) is 4.79 Å². The fraction of sp³-hybridized carbons (Fsp3) is 0.400. The van der Waals surface area contributed by atoms with E-state index in [0.717, 1.165) is 56.0 Å². The number of hydrogen-bond acceptors (Lipinski definition) is 4. The Bertz CT molecular complexity index is 739. The van der Waals surface area contributed by atoms with Crippen LogP contribution in [-0.4, -0.2) is 41.6 Å². The standard InChI is InChI=1S/C20H22N2O3/c23-20(22-11-3-4-12-22)15-7-8-16(21-13-15)9-10-17-14-24-18-5-1-2-6-19(18)25-17/h1-2,5-8,13,17H,3-4,9-12,14H2/t17-/m1/s1. The molecule has 2 aliphatic rings. The van der Waals surface area contributed by atoms with Gasteiger partial charge < -0.3 is 14.4 Å². The van der Waals surface area contributed by atoms with Gasteiger partial charge in [0.25, 0.3) is 5.91 Å². The minimum absolute atomic E-state index is 0.0302. The average Bonchev–Trinajstić information content (AvgIpc) is 3.21. The fourth-order valence-electron chi connectivity index (χ4n) is 3.32. The summed E-state index contributed by atoms with van der Waals surface area (Å²) < 4.78 is 11.7. The van der Waals surface area contributed by atoms with Crippen molar-refractivity contribution in [1.29, 1.82) is 0 Å². The Morgan fingerprint density at radius 1 is 1.12 bits per heavy atom. The van der Waals surface area contributed by atoms with Crippen molar-refractivity contribution in [2.24, 2.45) is 0 Å². The van der Waals surface area contributed by atoms with Gasteiger partial charge in [-0.05, 0) is 49.9 Å². The van der Waals surface area contributed by atoms with Crippen LogP contribution in [0.15, 0.2) is 42.6 Å². The molecule has 3 heterocycles. The first-order valence-electron chi connectivity index (χ1n) is 8.92. The lowest BCUT2D eigenvalue weighted by Crippen LogP contribution is -2.29. The molecule has 1 aromatic heterocycles. The average molecular weight is 338 g/mol. The molecule has 1 amide bonds. The van der Waals surface area contributed by atoms with E-state index in [1.807, 2.05) is 41.3 Å². The van der Waals surface area contributed by atoms with E-state index in [1.165, 1.54) is 0 Å². The van der Waals surface area contributed by atoms with Crippen LogP contribution in [0.25, 0.3) is 0 Å². The Morgan fingerprint density at radius 2 is 1.92 bits per heavy atom. The predicted molar refractivity (Wildman–Crippen MR) is 94.0 cm³/mol. The molecule has 2 aliphatic heterocycles. The molecule has 0 spiro atoms. The molecule has 1 saturated heterocycles. The molecule has 1 atom stereocenters. The molecular formula is C20H22N2O3. The number of likely N-dealkylation sites (tertiary alicyclic amines) is 1. The summed E-state index contributed by atoms with van der Waals surface area (Å²) in [6.45, 7) is 2.28. The zero-order valence-corrected chi connectivity index (χ0v) is 14.2. The maximum atomic E-state index is 12.3. The van der Waals surface area contributed by atoms with Gasteiger partial charge in [-0.15, -0.1) is 0 Å². The number of para-hydroxylation sites is 2. The first kappa shape index (κ1) is 15.9. The number of aromatic nitrogens is 1. The van der Waals surface area contributed by atoms with Gasteiger partial charge in [0.1, 0.15) is 12.7 Å². The second-order valence-electron chi connectivity index (χ2n) is 6.57. The molecule has 1 aromatic carbocycles. The van der Waals surface area contributed by atoms with E-state index in [-0.39, 0.29) is 12.0 Å². The molecule has 1 fully saturated rings. The van der Waals surface area contributed by atoms with E-state index < -0.39 is 0 Å². The van der Waals surface area contributed by atoms with Crippen molar-refractivity contribution in [3.05, 3.63) is 53.9 Å². The molecule has 0 unspecified atom stereocenters. The quantitative estimate of drug-likeness (QED) is 0.860. The molecule has 25 heavy (non-hydrogen) atoms. The number of fused-ring (bicyclic) bond motifs is 1. The SMILES string of the molecule is O=C(c1ccc(CC[C@@H]2COc3ccccc3O2)nc1)N1CCCC1. The number of ether oxygens (including phenoxy) is 2. The largest absolute Gasteiger partial charge is 0.486 e. The molecule has 0 radical (unpaired) electrons. The lowest BCUT2D eigenvalue weighted by atomic mass is 10.1. The van der Waals surface area contributed by atoms with Crippen LogP contribution in [0.3, 0.4) is 0 Å². The van der Waals surface area contributed by atoms with Crippen LogP contribution in [0.4, 0.5) is 0 Å². The summed E-state index contributed by atoms with van der Waals surface area (Å²) in [5.41, 5.74) is 1.65. The summed E-state index contributed by atoms with van der Waals surface area (Å²) in [6, 6.07) is 11.6. The Labute approximate surface area is 147 Å². The van der Waals surface area contributed by atoms with Crippen LogP contribution in [-0.2, 0) is 6.42 Å². The van der Waals surface area contributed by atoms with Crippen LogP contribution in [0, 0.1) is 0 Å². The number of carbonyl (C=O) groups is 1. The minimum Gasteiger partial charge on any atom is -0.486 e. The van der Waals surface area contributed by atoms with E-state index in [1.54, 1.807) is 6.20 Å². The van der Waals surface area contributed by atoms with Gasteiger partial charge in [-0.25, -0.2) is 0 Å². The number of nitrogens with zero attached hydrogens (tertiary/aromatic N) is 2. The summed E-state index contributed by atoms with van der Waals surface area (Å²) >= 11 is 0. The summed E-state index contributed by atoms with van der Waals surface area (Å²) in [5.74, 6) is 1.71. The first-order valence-corrected chi connectivity index (χ1v) is 8.92. The lowest BCUT2D eigenvalue weighted by Gasteiger charge is -2.26. The summed E-state index contributed by atoms with van der Waals surface area (Å²) in [4.78, 5) is 18.7. The highest BCUT2D eigenvalue weighted by Gasteiger charge is 2.21. The van der Waals surface area contributed by atoms with E-state index in [0.29, 0.717) is 12.2 Å². The molecule has 130 valence electrons. The number of rotatable bonds is 4. The Balaban J connectivity index is 1.32. The number of benzene rings is 1. The molecule has 5 heteroatoms. The third-order valence-electron chi connectivity index (χ3n) is 4.75. The molecule has 0 saturated carbocycles. The van der Waals surface area contributed by atoms with Crippen molar-refractivity contribution in [2.45, 2.75) is 31.8 Å². The minimum atomic E-state index is 0.0302. The van der Waals surface area contributed by atoms with Gasteiger partial charge in [0.05, 0.1) is 5.56 Å². The number of pyridine rings is 1. The lowest BCUT2D eigenvalue weighted by molar-refractivity contribution is 0.0792. The Morgan fingerprint density at radius 3 is 2.68 bits per heavy atom. The zero-order chi connectivity index (χ0) is 17.1. The van der Waals surface area contributed by atoms with E-state index in [4.69, 9.17) is 9.47 Å². The molecule has 0 N–H and O–H groups in total. The number of amides is 1. The number of aryl methyl sites for hydroxylation is 1. The molecule has 2 aromatic rings. The zero-order valence-electron chi connectivity index (χ0n) is 14.2. The number of hydrogen-bond donors (Lipinski definition) is 0. The Hall–Kier alpha value is -2.56. The topological polar surface area (TPSA) is 51.7 Å². The van der Waals surface area contributed by atoms with Crippen LogP contribution in [0.1, 0.15) is 35.3 Å². The highest BCUT2D eigenvalue weighted by Crippen LogP contribution is 2.31. The monoisotopic (exact) mass is 338 g/mol. The molecule has 5 nitrogen and oxygen atoms in total. The molecule has 0 bridgehead atoms. The van der Waals surface area contributed by atoms with Crippen molar-refractivity contribution >= 4 is 5.91 Å². The predicted octanol–water partition coefficient (Wildman–Crippen LogP) is 3.09. The van der Waals surface area contributed by atoms with Gasteiger partial charge in [-0.2, -0.15) is 0 Å². The normalized spacial score (nSPS) is 19.0. The molecular weight excluding hydrogens is 316 g/mol. The third kappa shape index (κ3) is 3.60. The second-order valence-corrected chi connectivity index (χ2v) is 6.57. The first-order chi connectivity index (χ1) is 12.3. The van der Waals surface area contributed by atoms with Crippen LogP contribution in [0.2, 0.25) is 0 Å². The fourth-order valence-corrected chi connectivity index (χ4v) is 3.32. The van der Waals surface area contributed by atoms with Crippen molar-refractivity contribution < 1.29 is 14.3 Å². The smallest absolute Gasteiger partial charge is 0.255 e. The van der Waals surface area contributed by atoms with Crippen molar-refractivity contribution in [3.63, 3.8) is 0 Å². The number of carbonyl (C=O) groups excluding carboxylic acids is 1. The van der Waals surface area contributed by atoms with Gasteiger partial charge in [-0.3, -0.25) is 9.78 Å². The van der Waals surface area contributed by atoms with Gasteiger partial charge in [-0.1, -0.05) is 12.1 Å². The van der Waals surface area contributed by atoms with Gasteiger partial charge in [0.15, 0.2) is 11.5 Å². The summed E-state index contributed by atoms with van der Waals surface area (Å²) in [5, 5.41) is 0. The van der Waals surface area contributed by atoms with Crippen molar-refractivity contribution in [3.8, 4) is 11.5 Å². The van der Waals surface area contributed by atoms with E-state index in [2.05, 4.69) is 4.98 Å². The maximum Gasteiger partial charge on any atom is 0.255 e. The second kappa shape index (κ2) is 7.13. The summed E-state index contributed by atoms with van der Waals surface area (Å²) in [6.07, 6.45) is 5.56. The van der Waals surface area contributed by atoms with E-state index >= 15 is 0 Å². The van der Waals surface area contributed by atoms with Crippen LogP contribution >= 0.6 is 0 Å².